The molecule has 3 heteroatoms. The predicted molar refractivity (Wildman–Crippen MR) is 53.0 cm³/mol. The number of hydrogen-bond acceptors (Lipinski definition) is 3. The molecule has 0 radical (unpaired) electrons. The van der Waals surface area contributed by atoms with Crippen molar-refractivity contribution in [2.45, 2.75) is 24.9 Å². The quantitative estimate of drug-likeness (QED) is 0.785. The van der Waals surface area contributed by atoms with Crippen LogP contribution in [-0.4, -0.2) is 23.9 Å². The minimum atomic E-state index is -0.515. The summed E-state index contributed by atoms with van der Waals surface area (Å²) in [6, 6.07) is 2.08. The molecule has 1 N–H and O–H groups in total. The number of thiophene rings is 1. The van der Waals surface area contributed by atoms with Crippen LogP contribution in [0.3, 0.4) is 0 Å². The second kappa shape index (κ2) is 3.78. The summed E-state index contributed by atoms with van der Waals surface area (Å²) in [5.41, 5.74) is 0.730. The summed E-state index contributed by atoms with van der Waals surface area (Å²) >= 11 is 1.68. The van der Waals surface area contributed by atoms with Gasteiger partial charge >= 0.3 is 0 Å². The molecule has 1 aromatic heterocycles. The van der Waals surface area contributed by atoms with Crippen molar-refractivity contribution >= 4 is 11.3 Å². The average Bonchev–Trinajstić information content (AvgIpc) is 2.57. The van der Waals surface area contributed by atoms with Crippen LogP contribution in [0, 0.1) is 0 Å². The SMILES string of the molecule is OC1(Cc2ccsc2)CCOCC1. The molecule has 0 saturated carbocycles. The van der Waals surface area contributed by atoms with Gasteiger partial charge in [-0.25, -0.2) is 0 Å². The van der Waals surface area contributed by atoms with Gasteiger partial charge in [0.25, 0.3) is 0 Å². The fraction of sp³-hybridized carbons (Fsp3) is 0.600. The Labute approximate surface area is 82.2 Å². The Hall–Kier alpha value is -0.380. The molecule has 2 heterocycles. The van der Waals surface area contributed by atoms with Crippen LogP contribution in [0.25, 0.3) is 0 Å². The van der Waals surface area contributed by atoms with Gasteiger partial charge in [0.2, 0.25) is 0 Å². The monoisotopic (exact) mass is 198 g/mol. The van der Waals surface area contributed by atoms with Gasteiger partial charge in [-0.3, -0.25) is 0 Å². The van der Waals surface area contributed by atoms with Gasteiger partial charge in [0.15, 0.2) is 0 Å². The highest BCUT2D eigenvalue weighted by atomic mass is 32.1. The topological polar surface area (TPSA) is 29.5 Å². The van der Waals surface area contributed by atoms with Gasteiger partial charge in [-0.2, -0.15) is 11.3 Å². The Morgan fingerprint density at radius 2 is 2.23 bits per heavy atom. The van der Waals surface area contributed by atoms with Gasteiger partial charge in [-0.15, -0.1) is 0 Å². The van der Waals surface area contributed by atoms with Gasteiger partial charge in [0, 0.05) is 19.6 Å². The maximum atomic E-state index is 10.2. The number of aliphatic hydroxyl groups is 1. The average molecular weight is 198 g/mol. The second-order valence-electron chi connectivity index (χ2n) is 3.65. The molecule has 1 saturated heterocycles. The van der Waals surface area contributed by atoms with Crippen LogP contribution < -0.4 is 0 Å². The molecule has 1 fully saturated rings. The molecule has 72 valence electrons. The van der Waals surface area contributed by atoms with E-state index in [0.717, 1.165) is 19.3 Å². The molecule has 0 atom stereocenters. The Kier molecular flexibility index (Phi) is 2.67. The number of ether oxygens (including phenoxy) is 1. The van der Waals surface area contributed by atoms with E-state index < -0.39 is 5.60 Å². The van der Waals surface area contributed by atoms with Crippen LogP contribution >= 0.6 is 11.3 Å². The lowest BCUT2D eigenvalue weighted by molar-refractivity contribution is -0.0625. The first-order chi connectivity index (χ1) is 6.29. The molecule has 13 heavy (non-hydrogen) atoms. The summed E-state index contributed by atoms with van der Waals surface area (Å²) in [6.07, 6.45) is 2.31. The molecule has 0 unspecified atom stereocenters. The Bertz CT molecular complexity index is 250. The lowest BCUT2D eigenvalue weighted by atomic mass is 9.88. The highest BCUT2D eigenvalue weighted by Gasteiger charge is 2.29. The van der Waals surface area contributed by atoms with Crippen molar-refractivity contribution in [1.29, 1.82) is 0 Å². The summed E-state index contributed by atoms with van der Waals surface area (Å²) in [6.45, 7) is 1.39. The Morgan fingerprint density at radius 1 is 1.46 bits per heavy atom. The highest BCUT2D eigenvalue weighted by molar-refractivity contribution is 7.07. The smallest absolute Gasteiger partial charge is 0.0732 e. The molecule has 0 aromatic carbocycles. The third-order valence-corrected chi connectivity index (χ3v) is 3.27. The van der Waals surface area contributed by atoms with Gasteiger partial charge in [0.05, 0.1) is 5.60 Å². The van der Waals surface area contributed by atoms with E-state index in [-0.39, 0.29) is 0 Å². The zero-order chi connectivity index (χ0) is 9.15. The van der Waals surface area contributed by atoms with Gasteiger partial charge in [0.1, 0.15) is 0 Å². The minimum Gasteiger partial charge on any atom is -0.389 e. The van der Waals surface area contributed by atoms with Gasteiger partial charge in [-0.05, 0) is 35.2 Å². The molecular formula is C10H14O2S. The van der Waals surface area contributed by atoms with Crippen LogP contribution in [0.2, 0.25) is 0 Å². The lowest BCUT2D eigenvalue weighted by Gasteiger charge is -2.31. The first kappa shape index (κ1) is 9.19. The molecule has 0 spiro atoms. The number of hydrogen-bond donors (Lipinski definition) is 1. The normalized spacial score (nSPS) is 21.6. The van der Waals surface area contributed by atoms with E-state index in [1.54, 1.807) is 11.3 Å². The lowest BCUT2D eigenvalue weighted by Crippen LogP contribution is -2.37. The first-order valence-corrected chi connectivity index (χ1v) is 5.54. The van der Waals surface area contributed by atoms with Crippen molar-refractivity contribution in [1.82, 2.24) is 0 Å². The maximum Gasteiger partial charge on any atom is 0.0732 e. The standard InChI is InChI=1S/C10H14O2S/c11-10(2-4-12-5-3-10)7-9-1-6-13-8-9/h1,6,8,11H,2-5,7H2. The number of rotatable bonds is 2. The molecule has 0 amide bonds. The predicted octanol–water partition coefficient (Wildman–Crippen LogP) is 1.83. The molecular weight excluding hydrogens is 184 g/mol. The summed E-state index contributed by atoms with van der Waals surface area (Å²) in [4.78, 5) is 0. The van der Waals surface area contributed by atoms with Gasteiger partial charge in [-0.1, -0.05) is 0 Å². The molecule has 1 aromatic rings. The van der Waals surface area contributed by atoms with E-state index in [2.05, 4.69) is 16.8 Å². The largest absolute Gasteiger partial charge is 0.389 e. The van der Waals surface area contributed by atoms with Crippen molar-refractivity contribution < 1.29 is 9.84 Å². The zero-order valence-electron chi connectivity index (χ0n) is 7.53. The van der Waals surface area contributed by atoms with E-state index in [9.17, 15) is 5.11 Å². The summed E-state index contributed by atoms with van der Waals surface area (Å²) in [5, 5.41) is 14.3. The molecule has 1 aliphatic rings. The fourth-order valence-electron chi connectivity index (χ4n) is 1.70. The maximum absolute atomic E-state index is 10.2. The highest BCUT2D eigenvalue weighted by Crippen LogP contribution is 2.25. The summed E-state index contributed by atoms with van der Waals surface area (Å²) in [5.74, 6) is 0. The van der Waals surface area contributed by atoms with Crippen LogP contribution in [-0.2, 0) is 11.2 Å². The molecule has 2 rings (SSSR count). The second-order valence-corrected chi connectivity index (χ2v) is 4.43. The third-order valence-electron chi connectivity index (χ3n) is 2.54. The van der Waals surface area contributed by atoms with Crippen molar-refractivity contribution in [3.8, 4) is 0 Å². The van der Waals surface area contributed by atoms with E-state index >= 15 is 0 Å². The van der Waals surface area contributed by atoms with Gasteiger partial charge < -0.3 is 9.84 Å². The van der Waals surface area contributed by atoms with Crippen LogP contribution in [0.5, 0.6) is 0 Å². The zero-order valence-corrected chi connectivity index (χ0v) is 8.35. The van der Waals surface area contributed by atoms with E-state index in [1.807, 2.05) is 0 Å². The van der Waals surface area contributed by atoms with Crippen molar-refractivity contribution in [3.05, 3.63) is 22.4 Å². The van der Waals surface area contributed by atoms with Crippen molar-refractivity contribution in [2.24, 2.45) is 0 Å². The Morgan fingerprint density at radius 3 is 2.85 bits per heavy atom. The van der Waals surface area contributed by atoms with Crippen molar-refractivity contribution in [2.75, 3.05) is 13.2 Å². The van der Waals surface area contributed by atoms with Crippen LogP contribution in [0.15, 0.2) is 16.8 Å². The molecule has 2 nitrogen and oxygen atoms in total. The third kappa shape index (κ3) is 2.30. The minimum absolute atomic E-state index is 0.515. The first-order valence-electron chi connectivity index (χ1n) is 4.60. The van der Waals surface area contributed by atoms with E-state index in [0.29, 0.717) is 13.2 Å². The van der Waals surface area contributed by atoms with Crippen molar-refractivity contribution in [3.63, 3.8) is 0 Å². The van der Waals surface area contributed by atoms with E-state index in [1.165, 1.54) is 5.56 Å². The van der Waals surface area contributed by atoms with E-state index in [4.69, 9.17) is 4.74 Å². The van der Waals surface area contributed by atoms with Crippen LogP contribution in [0.1, 0.15) is 18.4 Å². The molecule has 1 aliphatic heterocycles. The fourth-order valence-corrected chi connectivity index (χ4v) is 2.37. The molecule has 0 aliphatic carbocycles. The summed E-state index contributed by atoms with van der Waals surface area (Å²) < 4.78 is 5.23. The molecule has 0 bridgehead atoms. The Balaban J connectivity index is 1.99. The van der Waals surface area contributed by atoms with Crippen LogP contribution in [0.4, 0.5) is 0 Å². The summed E-state index contributed by atoms with van der Waals surface area (Å²) in [7, 11) is 0.